The highest BCUT2D eigenvalue weighted by Crippen LogP contribution is 2.62. The first-order valence-electron chi connectivity index (χ1n) is 11.2. The number of ether oxygens (including phenoxy) is 1. The van der Waals surface area contributed by atoms with Crippen LogP contribution in [0.1, 0.15) is 79.6 Å². The summed E-state index contributed by atoms with van der Waals surface area (Å²) in [4.78, 5) is 25.0. The first kappa shape index (κ1) is 19.9. The number of allylic oxidation sites excluding steroid dienone is 3. The van der Waals surface area contributed by atoms with Gasteiger partial charge in [-0.2, -0.15) is 0 Å². The summed E-state index contributed by atoms with van der Waals surface area (Å²) in [6.07, 6.45) is 13.7. The molecule has 2 fully saturated rings. The third-order valence-corrected chi connectivity index (χ3v) is 8.56. The standard InChI is InChI=1S/C25H36O3/c1-23(2,3)22(27)28-17-11-13-24(4)16(15-17)9-10-18-19-7-6-8-21(26)25(19,5)14-12-20(18)24/h6,8-9,17-20H,7,10-15H2,1-5H3/t17-,18-,19-,20-,24-,25-/m0/s1. The van der Waals surface area contributed by atoms with Crippen LogP contribution in [0.5, 0.6) is 0 Å². The van der Waals surface area contributed by atoms with Crippen LogP contribution in [0.3, 0.4) is 0 Å². The molecule has 0 aromatic rings. The van der Waals surface area contributed by atoms with Gasteiger partial charge in [0.25, 0.3) is 0 Å². The molecule has 6 atom stereocenters. The average Bonchev–Trinajstić information content (AvgIpc) is 2.62. The second-order valence-electron chi connectivity index (χ2n) is 11.2. The maximum absolute atomic E-state index is 12.7. The lowest BCUT2D eigenvalue weighted by Gasteiger charge is -2.58. The number of carbonyl (C=O) groups excluding carboxylic acids is 2. The minimum absolute atomic E-state index is 0.0237. The fraction of sp³-hybridized carbons (Fsp3) is 0.760. The lowest BCUT2D eigenvalue weighted by atomic mass is 9.46. The van der Waals surface area contributed by atoms with Gasteiger partial charge in [0, 0.05) is 11.8 Å². The second-order valence-corrected chi connectivity index (χ2v) is 11.2. The Morgan fingerprint density at radius 3 is 2.50 bits per heavy atom. The Bertz CT molecular complexity index is 739. The van der Waals surface area contributed by atoms with Crippen LogP contribution in [-0.2, 0) is 14.3 Å². The van der Waals surface area contributed by atoms with Gasteiger partial charge in [-0.05, 0) is 88.5 Å². The van der Waals surface area contributed by atoms with Gasteiger partial charge in [0.2, 0.25) is 0 Å². The Kier molecular flexibility index (Phi) is 4.67. The molecule has 4 rings (SSSR count). The zero-order chi connectivity index (χ0) is 20.3. The Labute approximate surface area is 170 Å². The molecule has 3 heteroatoms. The predicted octanol–water partition coefficient (Wildman–Crippen LogP) is 5.64. The highest BCUT2D eigenvalue weighted by Gasteiger charge is 2.56. The van der Waals surface area contributed by atoms with Gasteiger partial charge in [-0.1, -0.05) is 31.6 Å². The van der Waals surface area contributed by atoms with Gasteiger partial charge >= 0.3 is 5.97 Å². The van der Waals surface area contributed by atoms with Crippen LogP contribution in [0.25, 0.3) is 0 Å². The van der Waals surface area contributed by atoms with E-state index in [0.29, 0.717) is 23.5 Å². The molecular formula is C25H36O3. The van der Waals surface area contributed by atoms with E-state index in [4.69, 9.17) is 4.74 Å². The summed E-state index contributed by atoms with van der Waals surface area (Å²) in [6.45, 7) is 10.4. The van der Waals surface area contributed by atoms with E-state index in [1.54, 1.807) is 0 Å². The maximum atomic E-state index is 12.7. The molecular weight excluding hydrogens is 348 g/mol. The maximum Gasteiger partial charge on any atom is 0.311 e. The minimum Gasteiger partial charge on any atom is -0.462 e. The van der Waals surface area contributed by atoms with Crippen LogP contribution in [0.2, 0.25) is 0 Å². The molecule has 154 valence electrons. The molecule has 0 radical (unpaired) electrons. The summed E-state index contributed by atoms with van der Waals surface area (Å²) in [5, 5.41) is 0. The molecule has 0 aromatic heterocycles. The van der Waals surface area contributed by atoms with Gasteiger partial charge in [0.1, 0.15) is 6.10 Å². The number of hydrogen-bond donors (Lipinski definition) is 0. The fourth-order valence-electron chi connectivity index (χ4n) is 6.63. The Morgan fingerprint density at radius 1 is 1.07 bits per heavy atom. The molecule has 28 heavy (non-hydrogen) atoms. The first-order chi connectivity index (χ1) is 13.1. The van der Waals surface area contributed by atoms with E-state index in [1.165, 1.54) is 5.57 Å². The van der Waals surface area contributed by atoms with Gasteiger partial charge in [-0.25, -0.2) is 0 Å². The molecule has 2 saturated carbocycles. The van der Waals surface area contributed by atoms with Crippen molar-refractivity contribution in [3.05, 3.63) is 23.8 Å². The predicted molar refractivity (Wildman–Crippen MR) is 111 cm³/mol. The van der Waals surface area contributed by atoms with Crippen molar-refractivity contribution in [1.82, 2.24) is 0 Å². The molecule has 0 aromatic carbocycles. The van der Waals surface area contributed by atoms with Crippen molar-refractivity contribution in [3.63, 3.8) is 0 Å². The summed E-state index contributed by atoms with van der Waals surface area (Å²) >= 11 is 0. The van der Waals surface area contributed by atoms with E-state index >= 15 is 0 Å². The van der Waals surface area contributed by atoms with Gasteiger partial charge in [0.05, 0.1) is 5.41 Å². The molecule has 4 aliphatic rings. The molecule has 0 unspecified atom stereocenters. The van der Waals surface area contributed by atoms with E-state index in [0.717, 1.165) is 44.9 Å². The Balaban J connectivity index is 1.54. The van der Waals surface area contributed by atoms with Crippen molar-refractivity contribution in [2.24, 2.45) is 34.0 Å². The van der Waals surface area contributed by atoms with Crippen molar-refractivity contribution in [1.29, 1.82) is 0 Å². The summed E-state index contributed by atoms with van der Waals surface area (Å²) in [6, 6.07) is 0. The van der Waals surface area contributed by atoms with Crippen molar-refractivity contribution < 1.29 is 14.3 Å². The molecule has 0 heterocycles. The van der Waals surface area contributed by atoms with E-state index in [-0.39, 0.29) is 22.9 Å². The molecule has 0 amide bonds. The largest absolute Gasteiger partial charge is 0.462 e. The Hall–Kier alpha value is -1.38. The second kappa shape index (κ2) is 6.57. The van der Waals surface area contributed by atoms with E-state index in [1.807, 2.05) is 26.8 Å². The third kappa shape index (κ3) is 3.00. The fourth-order valence-corrected chi connectivity index (χ4v) is 6.63. The molecule has 4 aliphatic carbocycles. The zero-order valence-corrected chi connectivity index (χ0v) is 18.2. The number of hydrogen-bond acceptors (Lipinski definition) is 3. The zero-order valence-electron chi connectivity index (χ0n) is 18.2. The number of carbonyl (C=O) groups is 2. The van der Waals surface area contributed by atoms with Gasteiger partial charge in [0.15, 0.2) is 5.78 Å². The van der Waals surface area contributed by atoms with E-state index in [2.05, 4.69) is 26.0 Å². The lowest BCUT2D eigenvalue weighted by molar-refractivity contribution is -0.161. The van der Waals surface area contributed by atoms with Crippen LogP contribution in [0.4, 0.5) is 0 Å². The summed E-state index contributed by atoms with van der Waals surface area (Å²) < 4.78 is 5.87. The van der Waals surface area contributed by atoms with Crippen molar-refractivity contribution in [2.45, 2.75) is 85.7 Å². The smallest absolute Gasteiger partial charge is 0.311 e. The van der Waals surface area contributed by atoms with Crippen LogP contribution >= 0.6 is 0 Å². The quantitative estimate of drug-likeness (QED) is 0.434. The number of ketones is 1. The third-order valence-electron chi connectivity index (χ3n) is 8.56. The summed E-state index contributed by atoms with van der Waals surface area (Å²) in [5.74, 6) is 2.00. The Morgan fingerprint density at radius 2 is 1.79 bits per heavy atom. The SMILES string of the molecule is CC(C)(C)C(=O)O[C@H]1CC[C@@]2(C)C(=CC[C@@H]3[C@@H]2CC[C@]2(C)C(=O)C=CC[C@@H]32)C1. The number of esters is 1. The van der Waals surface area contributed by atoms with E-state index < -0.39 is 5.41 Å². The van der Waals surface area contributed by atoms with Gasteiger partial charge < -0.3 is 4.74 Å². The van der Waals surface area contributed by atoms with Gasteiger partial charge in [-0.3, -0.25) is 9.59 Å². The molecule has 0 bridgehead atoms. The summed E-state index contributed by atoms with van der Waals surface area (Å²) in [7, 11) is 0. The van der Waals surface area contributed by atoms with Gasteiger partial charge in [-0.15, -0.1) is 0 Å². The van der Waals surface area contributed by atoms with Crippen LogP contribution in [0, 0.1) is 34.0 Å². The molecule has 0 aliphatic heterocycles. The highest BCUT2D eigenvalue weighted by atomic mass is 16.5. The lowest BCUT2D eigenvalue weighted by Crippen LogP contribution is -2.53. The monoisotopic (exact) mass is 384 g/mol. The number of fused-ring (bicyclic) bond motifs is 5. The number of rotatable bonds is 1. The van der Waals surface area contributed by atoms with Crippen LogP contribution in [0.15, 0.2) is 23.8 Å². The van der Waals surface area contributed by atoms with Crippen molar-refractivity contribution in [3.8, 4) is 0 Å². The first-order valence-corrected chi connectivity index (χ1v) is 11.2. The van der Waals surface area contributed by atoms with Crippen LogP contribution < -0.4 is 0 Å². The molecule has 3 nitrogen and oxygen atoms in total. The van der Waals surface area contributed by atoms with Crippen LogP contribution in [-0.4, -0.2) is 17.9 Å². The normalized spacial score (nSPS) is 42.8. The highest BCUT2D eigenvalue weighted by molar-refractivity contribution is 5.95. The van der Waals surface area contributed by atoms with Crippen molar-refractivity contribution in [2.75, 3.05) is 0 Å². The molecule has 0 saturated heterocycles. The van der Waals surface area contributed by atoms with Crippen molar-refractivity contribution >= 4 is 11.8 Å². The topological polar surface area (TPSA) is 43.4 Å². The molecule has 0 N–H and O–H groups in total. The van der Waals surface area contributed by atoms with E-state index in [9.17, 15) is 9.59 Å². The molecule has 0 spiro atoms. The minimum atomic E-state index is -0.443. The average molecular weight is 385 g/mol. The summed E-state index contributed by atoms with van der Waals surface area (Å²) in [5.41, 5.74) is 1.12.